The molecule has 0 atom stereocenters. The Morgan fingerprint density at radius 2 is 1.76 bits per heavy atom. The lowest BCUT2D eigenvalue weighted by molar-refractivity contribution is -0.115. The average molecular weight is 283 g/mol. The van der Waals surface area contributed by atoms with Crippen molar-refractivity contribution in [3.8, 4) is 6.07 Å². The summed E-state index contributed by atoms with van der Waals surface area (Å²) >= 11 is 0. The van der Waals surface area contributed by atoms with Crippen molar-refractivity contribution < 1.29 is 9.18 Å². The number of carbonyl (C=O) groups is 1. The van der Waals surface area contributed by atoms with Crippen molar-refractivity contribution in [1.29, 1.82) is 5.26 Å². The molecule has 0 saturated heterocycles. The fourth-order valence-corrected chi connectivity index (χ4v) is 1.76. The molecule has 5 heteroatoms. The molecule has 0 bridgehead atoms. The number of hydrogen-bond donors (Lipinski definition) is 2. The lowest BCUT2D eigenvalue weighted by atomic mass is 10.1. The quantitative estimate of drug-likeness (QED) is 0.885. The molecular formula is C16H14FN3O. The van der Waals surface area contributed by atoms with Gasteiger partial charge in [0.25, 0.3) is 0 Å². The third-order valence-corrected chi connectivity index (χ3v) is 2.83. The Morgan fingerprint density at radius 3 is 2.38 bits per heavy atom. The van der Waals surface area contributed by atoms with Gasteiger partial charge >= 0.3 is 0 Å². The van der Waals surface area contributed by atoms with Gasteiger partial charge in [-0.05, 0) is 42.0 Å². The molecule has 106 valence electrons. The summed E-state index contributed by atoms with van der Waals surface area (Å²) in [6, 6.07) is 14.8. The van der Waals surface area contributed by atoms with Crippen molar-refractivity contribution in [1.82, 2.24) is 5.32 Å². The van der Waals surface area contributed by atoms with E-state index in [2.05, 4.69) is 10.6 Å². The van der Waals surface area contributed by atoms with Gasteiger partial charge in [-0.2, -0.15) is 5.26 Å². The Bertz CT molecular complexity index is 645. The summed E-state index contributed by atoms with van der Waals surface area (Å²) in [4.78, 5) is 11.7. The van der Waals surface area contributed by atoms with Crippen LogP contribution in [0.3, 0.4) is 0 Å². The number of nitrogens with one attached hydrogen (secondary N) is 2. The van der Waals surface area contributed by atoms with E-state index in [1.807, 2.05) is 18.2 Å². The van der Waals surface area contributed by atoms with E-state index < -0.39 is 0 Å². The van der Waals surface area contributed by atoms with Gasteiger partial charge in [0, 0.05) is 12.2 Å². The SMILES string of the molecule is N#Cc1ccc(CNCC(=O)Nc2ccc(F)cc2)cc1. The molecule has 2 aromatic carbocycles. The van der Waals surface area contributed by atoms with Crippen LogP contribution in [0.4, 0.5) is 10.1 Å². The number of nitrogens with zero attached hydrogens (tertiary/aromatic N) is 1. The summed E-state index contributed by atoms with van der Waals surface area (Å²) in [6.45, 7) is 0.680. The highest BCUT2D eigenvalue weighted by molar-refractivity contribution is 5.92. The molecule has 0 aliphatic rings. The number of benzene rings is 2. The van der Waals surface area contributed by atoms with Crippen LogP contribution in [0.25, 0.3) is 0 Å². The number of carbonyl (C=O) groups excluding carboxylic acids is 1. The molecule has 0 saturated carbocycles. The summed E-state index contributed by atoms with van der Waals surface area (Å²) in [5.74, 6) is -0.540. The minimum Gasteiger partial charge on any atom is -0.325 e. The van der Waals surface area contributed by atoms with Crippen molar-refractivity contribution in [2.24, 2.45) is 0 Å². The molecule has 2 rings (SSSR count). The molecular weight excluding hydrogens is 269 g/mol. The maximum absolute atomic E-state index is 12.7. The van der Waals surface area contributed by atoms with Crippen LogP contribution in [-0.4, -0.2) is 12.5 Å². The van der Waals surface area contributed by atoms with Crippen LogP contribution in [0.15, 0.2) is 48.5 Å². The molecule has 2 aromatic rings. The van der Waals surface area contributed by atoms with Crippen molar-refractivity contribution in [3.05, 3.63) is 65.5 Å². The second-order valence-electron chi connectivity index (χ2n) is 4.47. The van der Waals surface area contributed by atoms with Crippen molar-refractivity contribution >= 4 is 11.6 Å². The lowest BCUT2D eigenvalue weighted by Crippen LogP contribution is -2.27. The fraction of sp³-hybridized carbons (Fsp3) is 0.125. The number of hydrogen-bond acceptors (Lipinski definition) is 3. The van der Waals surface area contributed by atoms with E-state index in [0.29, 0.717) is 17.8 Å². The fourth-order valence-electron chi connectivity index (χ4n) is 1.76. The van der Waals surface area contributed by atoms with Gasteiger partial charge in [0.15, 0.2) is 0 Å². The van der Waals surface area contributed by atoms with Crippen molar-refractivity contribution in [2.75, 3.05) is 11.9 Å². The monoisotopic (exact) mass is 283 g/mol. The third kappa shape index (κ3) is 4.71. The van der Waals surface area contributed by atoms with Gasteiger partial charge in [0.05, 0.1) is 18.2 Å². The Labute approximate surface area is 122 Å². The number of amides is 1. The first-order valence-corrected chi connectivity index (χ1v) is 6.42. The summed E-state index contributed by atoms with van der Waals surface area (Å²) in [5.41, 5.74) is 2.15. The largest absolute Gasteiger partial charge is 0.325 e. The Hall–Kier alpha value is -2.71. The van der Waals surface area contributed by atoms with Gasteiger partial charge in [-0.3, -0.25) is 4.79 Å². The standard InChI is InChI=1S/C16H14FN3O/c17-14-5-7-15(8-6-14)20-16(21)11-19-10-13-3-1-12(9-18)2-4-13/h1-8,19H,10-11H2,(H,20,21). The molecule has 0 spiro atoms. The van der Waals surface area contributed by atoms with Crippen LogP contribution in [0.2, 0.25) is 0 Å². The number of nitriles is 1. The van der Waals surface area contributed by atoms with Crippen molar-refractivity contribution in [2.45, 2.75) is 6.54 Å². The zero-order chi connectivity index (χ0) is 15.1. The normalized spacial score (nSPS) is 9.90. The van der Waals surface area contributed by atoms with E-state index in [4.69, 9.17) is 5.26 Å². The van der Waals surface area contributed by atoms with Gasteiger partial charge in [-0.15, -0.1) is 0 Å². The van der Waals surface area contributed by atoms with E-state index in [1.54, 1.807) is 12.1 Å². The van der Waals surface area contributed by atoms with E-state index >= 15 is 0 Å². The average Bonchev–Trinajstić information content (AvgIpc) is 2.50. The van der Waals surface area contributed by atoms with E-state index in [-0.39, 0.29) is 18.3 Å². The molecule has 0 radical (unpaired) electrons. The first kappa shape index (κ1) is 14.7. The predicted molar refractivity (Wildman–Crippen MR) is 77.9 cm³/mol. The van der Waals surface area contributed by atoms with Crippen LogP contribution >= 0.6 is 0 Å². The van der Waals surface area contributed by atoms with E-state index in [9.17, 15) is 9.18 Å². The van der Waals surface area contributed by atoms with Crippen molar-refractivity contribution in [3.63, 3.8) is 0 Å². The minimum absolute atomic E-state index is 0.150. The highest BCUT2D eigenvalue weighted by Gasteiger charge is 2.02. The van der Waals surface area contributed by atoms with Crippen LogP contribution in [0, 0.1) is 17.1 Å². The lowest BCUT2D eigenvalue weighted by Gasteiger charge is -2.07. The molecule has 0 unspecified atom stereocenters. The molecule has 0 aliphatic heterocycles. The van der Waals surface area contributed by atoms with Gasteiger partial charge < -0.3 is 10.6 Å². The van der Waals surface area contributed by atoms with Gasteiger partial charge in [0.2, 0.25) is 5.91 Å². The zero-order valence-electron chi connectivity index (χ0n) is 11.3. The van der Waals surface area contributed by atoms with Gasteiger partial charge in [0.1, 0.15) is 5.82 Å². The molecule has 0 heterocycles. The molecule has 4 nitrogen and oxygen atoms in total. The van der Waals surface area contributed by atoms with Crippen LogP contribution in [0.5, 0.6) is 0 Å². The number of rotatable bonds is 5. The molecule has 0 fully saturated rings. The maximum Gasteiger partial charge on any atom is 0.238 e. The molecule has 21 heavy (non-hydrogen) atoms. The van der Waals surface area contributed by atoms with E-state index in [1.165, 1.54) is 24.3 Å². The summed E-state index contributed by atoms with van der Waals surface area (Å²) in [7, 11) is 0. The Kier molecular flexibility index (Phi) is 5.02. The highest BCUT2D eigenvalue weighted by Crippen LogP contribution is 2.07. The molecule has 0 aliphatic carbocycles. The van der Waals surface area contributed by atoms with Gasteiger partial charge in [-0.25, -0.2) is 4.39 Å². The van der Waals surface area contributed by atoms with Gasteiger partial charge in [-0.1, -0.05) is 12.1 Å². The first-order chi connectivity index (χ1) is 10.2. The molecule has 2 N–H and O–H groups in total. The summed E-state index contributed by atoms with van der Waals surface area (Å²) < 4.78 is 12.7. The Balaban J connectivity index is 1.76. The molecule has 0 aromatic heterocycles. The van der Waals surface area contributed by atoms with Crippen LogP contribution in [-0.2, 0) is 11.3 Å². The second kappa shape index (κ2) is 7.17. The Morgan fingerprint density at radius 1 is 1.10 bits per heavy atom. The first-order valence-electron chi connectivity index (χ1n) is 6.42. The predicted octanol–water partition coefficient (Wildman–Crippen LogP) is 2.43. The second-order valence-corrected chi connectivity index (χ2v) is 4.47. The topological polar surface area (TPSA) is 64.9 Å². The maximum atomic E-state index is 12.7. The number of anilines is 1. The summed E-state index contributed by atoms with van der Waals surface area (Å²) in [6.07, 6.45) is 0. The third-order valence-electron chi connectivity index (χ3n) is 2.83. The van der Waals surface area contributed by atoms with E-state index in [0.717, 1.165) is 5.56 Å². The smallest absolute Gasteiger partial charge is 0.238 e. The number of halogens is 1. The zero-order valence-corrected chi connectivity index (χ0v) is 11.3. The van der Waals surface area contributed by atoms with Crippen LogP contribution < -0.4 is 10.6 Å². The highest BCUT2D eigenvalue weighted by atomic mass is 19.1. The summed E-state index contributed by atoms with van der Waals surface area (Å²) in [5, 5.41) is 14.4. The minimum atomic E-state index is -0.341. The van der Waals surface area contributed by atoms with Crippen LogP contribution in [0.1, 0.15) is 11.1 Å². The molecule has 1 amide bonds.